The van der Waals surface area contributed by atoms with Gasteiger partial charge < -0.3 is 19.0 Å². The molecule has 0 bridgehead atoms. The molecule has 1 unspecified atom stereocenters. The summed E-state index contributed by atoms with van der Waals surface area (Å²) in [4.78, 5) is 25.3. The third-order valence-corrected chi connectivity index (χ3v) is 6.75. The molecular weight excluding hydrogens is 324 g/mol. The van der Waals surface area contributed by atoms with E-state index in [1.807, 2.05) is 6.92 Å². The number of ether oxygens (including phenoxy) is 2. The fourth-order valence-electron chi connectivity index (χ4n) is 5.48. The van der Waals surface area contributed by atoms with E-state index in [0.717, 1.165) is 24.0 Å². The van der Waals surface area contributed by atoms with Crippen LogP contribution in [0.2, 0.25) is 0 Å². The van der Waals surface area contributed by atoms with Crippen molar-refractivity contribution in [3.05, 3.63) is 35.3 Å². The Morgan fingerprint density at radius 1 is 1.28 bits per heavy atom. The average molecular weight is 344 g/mol. The first-order chi connectivity index (χ1) is 12.0. The molecule has 2 fully saturated rings. The lowest BCUT2D eigenvalue weighted by Crippen LogP contribution is -2.56. The number of esters is 2. The largest absolute Gasteiger partial charge is 0.472 e. The number of rotatable bonds is 1. The normalized spacial score (nSPS) is 42.6. The van der Waals surface area contributed by atoms with Crippen LogP contribution in [0.25, 0.3) is 0 Å². The van der Waals surface area contributed by atoms with Gasteiger partial charge in [-0.15, -0.1) is 0 Å². The summed E-state index contributed by atoms with van der Waals surface area (Å²) in [5.41, 5.74) is 1.54. The minimum absolute atomic E-state index is 0.101. The Bertz CT molecular complexity index is 778. The van der Waals surface area contributed by atoms with E-state index < -0.39 is 17.6 Å². The molecule has 6 heteroatoms. The zero-order chi connectivity index (χ0) is 17.3. The Kier molecular flexibility index (Phi) is 3.02. The van der Waals surface area contributed by atoms with Gasteiger partial charge in [-0.05, 0) is 30.9 Å². The zero-order valence-electron chi connectivity index (χ0n) is 13.9. The van der Waals surface area contributed by atoms with Gasteiger partial charge in [0.25, 0.3) is 0 Å². The van der Waals surface area contributed by atoms with Gasteiger partial charge in [0.1, 0.15) is 6.10 Å². The maximum atomic E-state index is 13.1. The molecule has 3 heterocycles. The number of furan rings is 1. The number of carbonyl (C=O) groups is 2. The molecule has 132 valence electrons. The summed E-state index contributed by atoms with van der Waals surface area (Å²) < 4.78 is 16.3. The van der Waals surface area contributed by atoms with Crippen LogP contribution in [0.3, 0.4) is 0 Å². The first-order valence-electron chi connectivity index (χ1n) is 8.89. The molecule has 1 saturated carbocycles. The number of hydrogen-bond donors (Lipinski definition) is 1. The first kappa shape index (κ1) is 15.2. The molecule has 4 aliphatic rings. The van der Waals surface area contributed by atoms with Gasteiger partial charge in [0.05, 0.1) is 24.0 Å². The van der Waals surface area contributed by atoms with Crippen LogP contribution in [0.4, 0.5) is 0 Å². The van der Waals surface area contributed by atoms with Crippen LogP contribution in [-0.4, -0.2) is 29.3 Å². The highest BCUT2D eigenvalue weighted by atomic mass is 16.6. The van der Waals surface area contributed by atoms with E-state index in [2.05, 4.69) is 0 Å². The lowest BCUT2D eigenvalue weighted by atomic mass is 9.53. The molecule has 1 N–H and O–H groups in total. The maximum Gasteiger partial charge on any atom is 0.334 e. The van der Waals surface area contributed by atoms with E-state index in [1.54, 1.807) is 18.6 Å². The SMILES string of the molecule is C[C@@H]1[C@H](O)[C@@H]2OC(=O)C3=C2[C@H](CCC3)[C@@]12CC(c1ccoc1)OC2=O. The second kappa shape index (κ2) is 4.97. The van der Waals surface area contributed by atoms with Crippen molar-refractivity contribution in [2.75, 3.05) is 0 Å². The highest BCUT2D eigenvalue weighted by Gasteiger charge is 2.67. The highest BCUT2D eigenvalue weighted by molar-refractivity contribution is 5.94. The third kappa shape index (κ3) is 1.78. The highest BCUT2D eigenvalue weighted by Crippen LogP contribution is 2.62. The fraction of sp³-hybridized carbons (Fsp3) is 0.579. The molecule has 1 aromatic rings. The number of hydrogen-bond acceptors (Lipinski definition) is 6. The summed E-state index contributed by atoms with van der Waals surface area (Å²) in [5.74, 6) is -1.05. The van der Waals surface area contributed by atoms with Crippen molar-refractivity contribution in [2.24, 2.45) is 17.3 Å². The van der Waals surface area contributed by atoms with Crippen molar-refractivity contribution in [3.63, 3.8) is 0 Å². The monoisotopic (exact) mass is 344 g/mol. The van der Waals surface area contributed by atoms with Crippen molar-refractivity contribution in [1.29, 1.82) is 0 Å². The molecule has 2 aliphatic carbocycles. The second-order valence-corrected chi connectivity index (χ2v) is 7.68. The molecule has 0 amide bonds. The van der Waals surface area contributed by atoms with Gasteiger partial charge in [0.15, 0.2) is 6.10 Å². The lowest BCUT2D eigenvalue weighted by molar-refractivity contribution is -0.166. The molecule has 6 atom stereocenters. The van der Waals surface area contributed by atoms with Gasteiger partial charge in [-0.2, -0.15) is 0 Å². The molecule has 1 aromatic heterocycles. The summed E-state index contributed by atoms with van der Waals surface area (Å²) >= 11 is 0. The standard InChI is InChI=1S/C19H20O6/c1-9-15(20)16-14-11(17(21)25-16)3-2-4-12(14)19(9)7-13(24-18(19)22)10-5-6-23-8-10/h5-6,8-9,12-13,15-16,20H,2-4,7H2,1H3/t9-,12+,13?,15+,16-,19-/m1/s1. The Hall–Kier alpha value is -2.08. The lowest BCUT2D eigenvalue weighted by Gasteiger charge is -2.49. The van der Waals surface area contributed by atoms with Crippen molar-refractivity contribution >= 4 is 11.9 Å². The van der Waals surface area contributed by atoms with Crippen LogP contribution in [0.1, 0.15) is 44.3 Å². The van der Waals surface area contributed by atoms with Gasteiger partial charge >= 0.3 is 11.9 Å². The smallest absolute Gasteiger partial charge is 0.334 e. The van der Waals surface area contributed by atoms with E-state index in [4.69, 9.17) is 13.9 Å². The summed E-state index contributed by atoms with van der Waals surface area (Å²) in [6, 6.07) is 1.80. The first-order valence-corrected chi connectivity index (χ1v) is 8.89. The molecule has 0 radical (unpaired) electrons. The molecule has 25 heavy (non-hydrogen) atoms. The van der Waals surface area contributed by atoms with E-state index in [1.165, 1.54) is 0 Å². The van der Waals surface area contributed by atoms with Crippen LogP contribution in [0.15, 0.2) is 34.2 Å². The zero-order valence-corrected chi connectivity index (χ0v) is 13.9. The summed E-state index contributed by atoms with van der Waals surface area (Å²) in [5, 5.41) is 10.8. The van der Waals surface area contributed by atoms with Crippen LogP contribution in [-0.2, 0) is 19.1 Å². The Morgan fingerprint density at radius 3 is 2.88 bits per heavy atom. The number of carbonyl (C=O) groups excluding carboxylic acids is 2. The fourth-order valence-corrected chi connectivity index (χ4v) is 5.48. The Balaban J connectivity index is 1.63. The Morgan fingerprint density at radius 2 is 2.12 bits per heavy atom. The minimum atomic E-state index is -0.888. The van der Waals surface area contributed by atoms with Crippen molar-refractivity contribution in [3.8, 4) is 0 Å². The number of cyclic esters (lactones) is 1. The molecule has 2 aliphatic heterocycles. The predicted molar refractivity (Wildman–Crippen MR) is 84.0 cm³/mol. The summed E-state index contributed by atoms with van der Waals surface area (Å²) in [6.07, 6.45) is 4.11. The number of aliphatic hydroxyl groups excluding tert-OH is 1. The van der Waals surface area contributed by atoms with Gasteiger partial charge in [0, 0.05) is 29.4 Å². The molecular formula is C19H20O6. The number of fused-ring (bicyclic) bond motifs is 1. The van der Waals surface area contributed by atoms with E-state index in [-0.39, 0.29) is 29.9 Å². The van der Waals surface area contributed by atoms with Crippen LogP contribution < -0.4 is 0 Å². The van der Waals surface area contributed by atoms with Crippen LogP contribution >= 0.6 is 0 Å². The molecule has 0 aromatic carbocycles. The van der Waals surface area contributed by atoms with Gasteiger partial charge in [0.2, 0.25) is 0 Å². The van der Waals surface area contributed by atoms with Crippen molar-refractivity contribution in [2.45, 2.75) is 50.9 Å². The predicted octanol–water partition coefficient (Wildman–Crippen LogP) is 2.29. The van der Waals surface area contributed by atoms with Crippen molar-refractivity contribution in [1.82, 2.24) is 0 Å². The average Bonchev–Trinajstić information content (AvgIpc) is 3.31. The minimum Gasteiger partial charge on any atom is -0.472 e. The van der Waals surface area contributed by atoms with E-state index >= 15 is 0 Å². The Labute approximate surface area is 144 Å². The summed E-state index contributed by atoms with van der Waals surface area (Å²) in [6.45, 7) is 1.88. The molecule has 1 spiro atoms. The van der Waals surface area contributed by atoms with Gasteiger partial charge in [-0.1, -0.05) is 6.92 Å². The molecule has 1 saturated heterocycles. The van der Waals surface area contributed by atoms with Gasteiger partial charge in [-0.3, -0.25) is 4.79 Å². The van der Waals surface area contributed by atoms with Gasteiger partial charge in [-0.25, -0.2) is 4.79 Å². The quantitative estimate of drug-likeness (QED) is 0.787. The van der Waals surface area contributed by atoms with E-state index in [9.17, 15) is 14.7 Å². The van der Waals surface area contributed by atoms with Crippen LogP contribution in [0, 0.1) is 17.3 Å². The van der Waals surface area contributed by atoms with E-state index in [0.29, 0.717) is 18.4 Å². The second-order valence-electron chi connectivity index (χ2n) is 7.68. The van der Waals surface area contributed by atoms with Crippen molar-refractivity contribution < 1.29 is 28.6 Å². The number of aliphatic hydroxyl groups is 1. The summed E-state index contributed by atoms with van der Waals surface area (Å²) in [7, 11) is 0. The topological polar surface area (TPSA) is 86.0 Å². The molecule has 5 rings (SSSR count). The third-order valence-electron chi connectivity index (χ3n) is 6.75. The van der Waals surface area contributed by atoms with Crippen LogP contribution in [0.5, 0.6) is 0 Å². The maximum absolute atomic E-state index is 13.1. The molecule has 6 nitrogen and oxygen atoms in total.